The molecule has 15 nitrogen and oxygen atoms in total. The third-order valence-corrected chi connectivity index (χ3v) is 16.5. The molecule has 4 aliphatic carbocycles. The number of nitrogens with one attached hydrogen (secondary N) is 5. The number of aromatic hydroxyl groups is 1. The average molecular weight is 948 g/mol. The number of fused-ring (bicyclic) bond motifs is 6. The van der Waals surface area contributed by atoms with E-state index in [1.165, 1.54) is 11.1 Å². The molecule has 7 atom stereocenters. The summed E-state index contributed by atoms with van der Waals surface area (Å²) in [6.07, 6.45) is 10.4. The number of alkyl carbamates (subject to hydrolysis) is 1. The van der Waals surface area contributed by atoms with Crippen molar-refractivity contribution in [2.24, 2.45) is 34.1 Å². The number of urea groups is 1. The van der Waals surface area contributed by atoms with Crippen LogP contribution in [0.4, 0.5) is 21.0 Å². The van der Waals surface area contributed by atoms with Crippen LogP contribution in [0.3, 0.4) is 0 Å². The first-order valence-electron chi connectivity index (χ1n) is 25.1. The minimum atomic E-state index is -0.897. The van der Waals surface area contributed by atoms with E-state index in [0.717, 1.165) is 62.5 Å². The molecule has 69 heavy (non-hydrogen) atoms. The quantitative estimate of drug-likeness (QED) is 0.0484. The average Bonchev–Trinajstić information content (AvgIpc) is 3.31. The van der Waals surface area contributed by atoms with E-state index >= 15 is 0 Å². The van der Waals surface area contributed by atoms with Gasteiger partial charge in [0.15, 0.2) is 0 Å². The Kier molecular flexibility index (Phi) is 15.8. The third kappa shape index (κ3) is 11.1. The minimum Gasteiger partial charge on any atom is -0.508 e. The van der Waals surface area contributed by atoms with Crippen LogP contribution in [-0.4, -0.2) is 60.0 Å². The number of phenols is 1. The van der Waals surface area contributed by atoms with Crippen LogP contribution < -0.4 is 38.1 Å². The third-order valence-electron chi connectivity index (χ3n) is 16.5. The van der Waals surface area contributed by atoms with Crippen molar-refractivity contribution >= 4 is 47.1 Å². The van der Waals surface area contributed by atoms with Crippen LogP contribution >= 0.6 is 0 Å². The molecule has 2 fully saturated rings. The smallest absolute Gasteiger partial charge is 0.408 e. The zero-order valence-electron chi connectivity index (χ0n) is 40.9. The number of aryl methyl sites for hydroxylation is 2. The lowest BCUT2D eigenvalue weighted by Crippen LogP contribution is -2.60. The number of imide groups is 1. The molecular weight excluding hydrogens is 875 g/mol. The Bertz CT molecular complexity index is 2410. The predicted octanol–water partition coefficient (Wildman–Crippen LogP) is 7.90. The molecule has 2 saturated carbocycles. The number of amides is 7. The molecule has 7 amide bonds. The molecule has 0 heterocycles. The molecule has 10 N–H and O–H groups in total. The summed E-state index contributed by atoms with van der Waals surface area (Å²) in [6.45, 7) is 9.32. The Balaban J connectivity index is 0.975. The van der Waals surface area contributed by atoms with E-state index < -0.39 is 34.4 Å². The van der Waals surface area contributed by atoms with Crippen molar-refractivity contribution in [3.8, 4) is 5.75 Å². The summed E-state index contributed by atoms with van der Waals surface area (Å²) in [5, 5.41) is 24.6. The largest absolute Gasteiger partial charge is 0.508 e. The minimum absolute atomic E-state index is 0.0245. The van der Waals surface area contributed by atoms with Crippen LogP contribution in [0.1, 0.15) is 145 Å². The van der Waals surface area contributed by atoms with Crippen molar-refractivity contribution in [1.29, 1.82) is 0 Å². The van der Waals surface area contributed by atoms with Gasteiger partial charge < -0.3 is 42.6 Å². The fraction of sp³-hybridized carbons (Fsp3) is 0.556. The topological polar surface area (TPSA) is 244 Å². The summed E-state index contributed by atoms with van der Waals surface area (Å²) in [5.74, 6) is -0.746. The number of rotatable bonds is 17. The van der Waals surface area contributed by atoms with Crippen molar-refractivity contribution in [3.63, 3.8) is 0 Å². The Hall–Kier alpha value is -5.96. The van der Waals surface area contributed by atoms with Gasteiger partial charge in [-0.25, -0.2) is 9.59 Å². The molecule has 0 bridgehead atoms. The first kappa shape index (κ1) is 50.9. The molecule has 0 aliphatic heterocycles. The molecule has 372 valence electrons. The maximum atomic E-state index is 14.7. The zero-order chi connectivity index (χ0) is 49.6. The molecule has 0 aromatic heterocycles. The van der Waals surface area contributed by atoms with Gasteiger partial charge in [0.25, 0.3) is 0 Å². The number of nitrogens with two attached hydrogens (primary N) is 2. The molecule has 1 unspecified atom stereocenters. The van der Waals surface area contributed by atoms with Crippen LogP contribution in [0.25, 0.3) is 0 Å². The SMILES string of the molecule is C[C@]1(C(=O)NC(=O)[C@@]2(C)CCC[C@]3(C)c4cc(NC(=O)[C@H](CCCCN)NC(=O)OCc5ccc(NC(=O)CCCCNC(N)=O)cc5)ccc4CC[C@@H]23)CCC[C@]2(C)c3cc(O)ccc3CCC12. The van der Waals surface area contributed by atoms with Gasteiger partial charge in [-0.15, -0.1) is 0 Å². The van der Waals surface area contributed by atoms with Crippen molar-refractivity contribution in [1.82, 2.24) is 16.0 Å². The number of phenolic OH excluding ortho intramolecular Hbond substituents is 1. The normalized spacial score (nSPS) is 26.0. The van der Waals surface area contributed by atoms with Gasteiger partial charge in [-0.1, -0.05) is 64.8 Å². The van der Waals surface area contributed by atoms with Gasteiger partial charge in [-0.3, -0.25) is 24.5 Å². The summed E-state index contributed by atoms with van der Waals surface area (Å²) < 4.78 is 5.53. The van der Waals surface area contributed by atoms with Crippen molar-refractivity contribution in [2.75, 3.05) is 23.7 Å². The molecule has 4 aliphatic rings. The number of hydrogen-bond donors (Lipinski definition) is 8. The molecule has 0 spiro atoms. The van der Waals surface area contributed by atoms with Gasteiger partial charge in [0.2, 0.25) is 23.6 Å². The van der Waals surface area contributed by atoms with E-state index in [9.17, 15) is 33.9 Å². The molecule has 0 saturated heterocycles. The number of benzene rings is 3. The van der Waals surface area contributed by atoms with Crippen LogP contribution in [0.2, 0.25) is 0 Å². The van der Waals surface area contributed by atoms with Crippen LogP contribution in [-0.2, 0) is 54.2 Å². The highest BCUT2D eigenvalue weighted by Crippen LogP contribution is 2.60. The van der Waals surface area contributed by atoms with E-state index in [0.29, 0.717) is 75.0 Å². The zero-order valence-corrected chi connectivity index (χ0v) is 40.9. The molecule has 15 heteroatoms. The summed E-state index contributed by atoms with van der Waals surface area (Å²) >= 11 is 0. The lowest BCUT2D eigenvalue weighted by Gasteiger charge is -2.56. The Morgan fingerprint density at radius 3 is 1.93 bits per heavy atom. The second-order valence-corrected chi connectivity index (χ2v) is 21.1. The highest BCUT2D eigenvalue weighted by atomic mass is 16.5. The van der Waals surface area contributed by atoms with Gasteiger partial charge in [-0.05, 0) is 177 Å². The molecule has 3 aromatic carbocycles. The predicted molar refractivity (Wildman–Crippen MR) is 265 cm³/mol. The monoisotopic (exact) mass is 948 g/mol. The van der Waals surface area contributed by atoms with Gasteiger partial charge in [0, 0.05) is 24.3 Å². The summed E-state index contributed by atoms with van der Waals surface area (Å²) in [6, 6.07) is 17.0. The maximum Gasteiger partial charge on any atom is 0.408 e. The Morgan fingerprint density at radius 1 is 0.725 bits per heavy atom. The molecule has 0 radical (unpaired) electrons. The summed E-state index contributed by atoms with van der Waals surface area (Å²) in [5.41, 5.74) is 15.1. The van der Waals surface area contributed by atoms with Crippen LogP contribution in [0.15, 0.2) is 60.7 Å². The van der Waals surface area contributed by atoms with Crippen LogP contribution in [0.5, 0.6) is 5.75 Å². The van der Waals surface area contributed by atoms with Gasteiger partial charge >= 0.3 is 12.1 Å². The second kappa shape index (κ2) is 21.4. The lowest BCUT2D eigenvalue weighted by atomic mass is 9.49. The Labute approximate surface area is 406 Å². The lowest BCUT2D eigenvalue weighted by molar-refractivity contribution is -0.150. The molecular formula is C54H73N7O8. The number of ether oxygens (including phenoxy) is 1. The van der Waals surface area contributed by atoms with Crippen molar-refractivity contribution in [3.05, 3.63) is 88.5 Å². The fourth-order valence-corrected chi connectivity index (χ4v) is 12.8. The highest BCUT2D eigenvalue weighted by molar-refractivity contribution is 6.01. The van der Waals surface area contributed by atoms with E-state index in [1.54, 1.807) is 30.3 Å². The summed E-state index contributed by atoms with van der Waals surface area (Å²) in [4.78, 5) is 79.6. The number of primary amides is 1. The Morgan fingerprint density at radius 2 is 1.32 bits per heavy atom. The van der Waals surface area contributed by atoms with E-state index in [4.69, 9.17) is 16.2 Å². The first-order chi connectivity index (χ1) is 32.9. The fourth-order valence-electron chi connectivity index (χ4n) is 12.8. The van der Waals surface area contributed by atoms with Crippen LogP contribution in [0, 0.1) is 22.7 Å². The first-order valence-corrected chi connectivity index (χ1v) is 25.1. The number of anilines is 2. The molecule has 3 aromatic rings. The number of hydrogen-bond acceptors (Lipinski definition) is 9. The van der Waals surface area contributed by atoms with E-state index in [-0.39, 0.29) is 59.7 Å². The van der Waals surface area contributed by atoms with Gasteiger partial charge in [0.1, 0.15) is 18.4 Å². The van der Waals surface area contributed by atoms with E-state index in [1.807, 2.05) is 38.1 Å². The van der Waals surface area contributed by atoms with E-state index in [2.05, 4.69) is 46.5 Å². The number of carbonyl (C=O) groups excluding carboxylic acids is 6. The van der Waals surface area contributed by atoms with Gasteiger partial charge in [-0.2, -0.15) is 0 Å². The van der Waals surface area contributed by atoms with Crippen molar-refractivity contribution < 1.29 is 38.6 Å². The van der Waals surface area contributed by atoms with Crippen molar-refractivity contribution in [2.45, 2.75) is 154 Å². The standard InChI is InChI=1S/C54H73N7O8/c1-51-25-9-27-53(3,47(65)61-48(66)54(4)28-10-26-52(2)41-32-39(62)22-16-36(41)18-24-44(52)54)43(51)23-17-35-15-21-38(31-40(35)51)59-46(64)42(11-5-7-29-55)60-50(68)69-33-34-13-19-37(20-14-34)58-45(63)12-6-8-30-57-49(56)67/h13-16,19-22,31-32,42-44,62H,5-12,17-18,23-30,33,55H2,1-4H3,(H,58,63)(H,59,64)(H,60,68)(H3,56,57,67)(H,61,65,66)/t42-,43+,44?,51+,52+,53-,54-/m0/s1. The molecule has 7 rings (SSSR count). The number of unbranched alkanes of at least 4 members (excludes halogenated alkanes) is 2. The maximum absolute atomic E-state index is 14.7. The number of carbonyl (C=O) groups is 6. The summed E-state index contributed by atoms with van der Waals surface area (Å²) in [7, 11) is 0. The van der Waals surface area contributed by atoms with Gasteiger partial charge in [0.05, 0.1) is 10.8 Å². The second-order valence-electron chi connectivity index (χ2n) is 21.1. The highest BCUT2D eigenvalue weighted by Gasteiger charge is 2.58.